The Balaban J connectivity index is 1.80. The number of aryl methyl sites for hydroxylation is 2. The average Bonchev–Trinajstić information content (AvgIpc) is 3.35. The molecular weight excluding hydrogens is 448 g/mol. The highest BCUT2D eigenvalue weighted by Gasteiger charge is 2.45. The average molecular weight is 473 g/mol. The number of allylic oxidation sites excluding steroid dienone is 1. The molecule has 1 amide bonds. The molecule has 172 valence electrons. The predicted molar refractivity (Wildman–Crippen MR) is 133 cm³/mol. The Morgan fingerprint density at radius 1 is 1.12 bits per heavy atom. The lowest BCUT2D eigenvalue weighted by Gasteiger charge is -2.24. The molecule has 2 aromatic carbocycles. The highest BCUT2D eigenvalue weighted by molar-refractivity contribution is 7.17. The van der Waals surface area contributed by atoms with Gasteiger partial charge in [-0.25, -0.2) is 4.98 Å². The molecule has 0 spiro atoms. The van der Waals surface area contributed by atoms with Crippen LogP contribution < -0.4 is 4.90 Å². The number of ketones is 2. The maximum atomic E-state index is 13.3. The maximum Gasteiger partial charge on any atom is 0.296 e. The first-order chi connectivity index (χ1) is 16.3. The second-order valence-corrected chi connectivity index (χ2v) is 8.99. The molecule has 1 aliphatic heterocycles. The van der Waals surface area contributed by atoms with Crippen molar-refractivity contribution in [2.24, 2.45) is 0 Å². The Labute approximate surface area is 201 Å². The molecule has 0 bridgehead atoms. The Kier molecular flexibility index (Phi) is 6.56. The summed E-state index contributed by atoms with van der Waals surface area (Å²) in [5.41, 5.74) is 3.09. The third-order valence-electron chi connectivity index (χ3n) is 5.72. The lowest BCUT2D eigenvalue weighted by Crippen LogP contribution is -2.30. The second-order valence-electron chi connectivity index (χ2n) is 8.01. The zero-order chi connectivity index (χ0) is 24.4. The van der Waals surface area contributed by atoms with E-state index >= 15 is 0 Å². The molecule has 4 rings (SSSR count). The Morgan fingerprint density at radius 3 is 2.38 bits per heavy atom. The summed E-state index contributed by atoms with van der Waals surface area (Å²) in [5.74, 6) is -1.95. The van der Waals surface area contributed by atoms with E-state index in [1.807, 2.05) is 61.5 Å². The lowest BCUT2D eigenvalue weighted by atomic mass is 9.94. The van der Waals surface area contributed by atoms with Crippen LogP contribution in [-0.2, 0) is 16.0 Å². The van der Waals surface area contributed by atoms with Crippen LogP contribution in [0.2, 0.25) is 0 Å². The standard InChI is InChI=1S/C27H24N2O4S/c1-4-18-10-13-20(14-11-18)23-22(21(31)15-12-19-8-6-5-7-9-19)24(32)26(33)29(23)27-28-16(2)25(34-27)17(3)30/h5-15,23,32H,4H2,1-3H3. The van der Waals surface area contributed by atoms with Gasteiger partial charge in [0, 0.05) is 6.92 Å². The highest BCUT2D eigenvalue weighted by atomic mass is 32.1. The maximum absolute atomic E-state index is 13.3. The molecule has 1 atom stereocenters. The summed E-state index contributed by atoms with van der Waals surface area (Å²) < 4.78 is 0. The van der Waals surface area contributed by atoms with Gasteiger partial charge in [-0.1, -0.05) is 78.9 Å². The van der Waals surface area contributed by atoms with Crippen LogP contribution in [0.4, 0.5) is 5.13 Å². The number of hydrogen-bond donors (Lipinski definition) is 1. The molecule has 6 nitrogen and oxygen atoms in total. The van der Waals surface area contributed by atoms with E-state index in [-0.39, 0.29) is 16.5 Å². The van der Waals surface area contributed by atoms with Gasteiger partial charge in [0.25, 0.3) is 5.91 Å². The van der Waals surface area contributed by atoms with Gasteiger partial charge in [-0.2, -0.15) is 0 Å². The van der Waals surface area contributed by atoms with Crippen LogP contribution in [-0.4, -0.2) is 27.6 Å². The van der Waals surface area contributed by atoms with Crippen LogP contribution in [0, 0.1) is 6.92 Å². The summed E-state index contributed by atoms with van der Waals surface area (Å²) in [4.78, 5) is 44.7. The smallest absolute Gasteiger partial charge is 0.296 e. The van der Waals surface area contributed by atoms with Gasteiger partial charge in [-0.05, 0) is 36.1 Å². The molecule has 2 heterocycles. The molecule has 3 aromatic rings. The van der Waals surface area contributed by atoms with Crippen molar-refractivity contribution in [2.75, 3.05) is 4.90 Å². The minimum atomic E-state index is -0.864. The van der Waals surface area contributed by atoms with E-state index in [0.29, 0.717) is 16.1 Å². The summed E-state index contributed by atoms with van der Waals surface area (Å²) in [6.07, 6.45) is 3.85. The number of amides is 1. The first-order valence-electron chi connectivity index (χ1n) is 10.9. The van der Waals surface area contributed by atoms with Crippen molar-refractivity contribution in [1.82, 2.24) is 4.98 Å². The van der Waals surface area contributed by atoms with Crippen molar-refractivity contribution < 1.29 is 19.5 Å². The monoisotopic (exact) mass is 472 g/mol. The van der Waals surface area contributed by atoms with Crippen LogP contribution in [0.3, 0.4) is 0 Å². The molecule has 1 unspecified atom stereocenters. The molecular formula is C27H24N2O4S. The molecule has 0 radical (unpaired) electrons. The summed E-state index contributed by atoms with van der Waals surface area (Å²) in [6, 6.07) is 16.0. The molecule has 0 saturated heterocycles. The van der Waals surface area contributed by atoms with Gasteiger partial charge in [0.2, 0.25) is 0 Å². The SMILES string of the molecule is CCc1ccc(C2C(C(=O)C=Cc3ccccc3)=C(O)C(=O)N2c2nc(C)c(C(C)=O)s2)cc1. The summed E-state index contributed by atoms with van der Waals surface area (Å²) in [5, 5.41) is 11.1. The lowest BCUT2D eigenvalue weighted by molar-refractivity contribution is -0.117. The molecule has 0 fully saturated rings. The van der Waals surface area contributed by atoms with Crippen LogP contribution in [0.5, 0.6) is 0 Å². The quantitative estimate of drug-likeness (QED) is 0.368. The molecule has 0 saturated carbocycles. The number of aliphatic hydroxyl groups is 1. The van der Waals surface area contributed by atoms with Gasteiger partial charge >= 0.3 is 0 Å². The van der Waals surface area contributed by atoms with E-state index in [2.05, 4.69) is 4.98 Å². The van der Waals surface area contributed by atoms with Crippen molar-refractivity contribution in [3.8, 4) is 0 Å². The summed E-state index contributed by atoms with van der Waals surface area (Å²) in [6.45, 7) is 5.18. The van der Waals surface area contributed by atoms with E-state index in [0.717, 1.165) is 28.9 Å². The number of carbonyl (C=O) groups is 3. The van der Waals surface area contributed by atoms with Crippen LogP contribution in [0.25, 0.3) is 6.08 Å². The number of aromatic nitrogens is 1. The number of nitrogens with zero attached hydrogens (tertiary/aromatic N) is 2. The first-order valence-corrected chi connectivity index (χ1v) is 11.7. The van der Waals surface area contributed by atoms with Gasteiger partial charge in [0.05, 0.1) is 22.2 Å². The van der Waals surface area contributed by atoms with Crippen molar-refractivity contribution >= 4 is 40.0 Å². The van der Waals surface area contributed by atoms with Gasteiger partial charge in [0.1, 0.15) is 0 Å². The summed E-state index contributed by atoms with van der Waals surface area (Å²) >= 11 is 1.08. The van der Waals surface area contributed by atoms with Crippen molar-refractivity contribution in [1.29, 1.82) is 0 Å². The summed E-state index contributed by atoms with van der Waals surface area (Å²) in [7, 11) is 0. The van der Waals surface area contributed by atoms with Crippen molar-refractivity contribution in [3.05, 3.63) is 99.3 Å². The number of hydrogen-bond acceptors (Lipinski definition) is 6. The fourth-order valence-electron chi connectivity index (χ4n) is 3.94. The molecule has 1 aliphatic rings. The van der Waals surface area contributed by atoms with Gasteiger partial charge in [-0.3, -0.25) is 19.3 Å². The Hall–Kier alpha value is -3.84. The van der Waals surface area contributed by atoms with Crippen molar-refractivity contribution in [2.45, 2.75) is 33.2 Å². The second kappa shape index (κ2) is 9.57. The third-order valence-corrected chi connectivity index (χ3v) is 6.97. The first kappa shape index (κ1) is 23.3. The largest absolute Gasteiger partial charge is 0.503 e. The molecule has 1 aromatic heterocycles. The predicted octanol–water partition coefficient (Wildman–Crippen LogP) is 5.40. The molecule has 34 heavy (non-hydrogen) atoms. The van der Waals surface area contributed by atoms with E-state index in [1.54, 1.807) is 13.0 Å². The Morgan fingerprint density at radius 2 is 1.79 bits per heavy atom. The normalized spacial score (nSPS) is 16.0. The van der Waals surface area contributed by atoms with Crippen LogP contribution in [0.1, 0.15) is 51.9 Å². The van der Waals surface area contributed by atoms with E-state index in [9.17, 15) is 19.5 Å². The fourth-order valence-corrected chi connectivity index (χ4v) is 4.93. The minimum absolute atomic E-state index is 0.0151. The minimum Gasteiger partial charge on any atom is -0.503 e. The van der Waals surface area contributed by atoms with Gasteiger partial charge in [0.15, 0.2) is 22.5 Å². The van der Waals surface area contributed by atoms with E-state index in [4.69, 9.17) is 0 Å². The zero-order valence-corrected chi connectivity index (χ0v) is 19.9. The number of Topliss-reactive ketones (excluding diaryl/α,β-unsaturated/α-hetero) is 1. The third kappa shape index (κ3) is 4.34. The van der Waals surface area contributed by atoms with E-state index in [1.165, 1.54) is 17.9 Å². The molecule has 1 N–H and O–H groups in total. The number of anilines is 1. The Bertz CT molecular complexity index is 1320. The number of carbonyl (C=O) groups excluding carboxylic acids is 3. The number of thiazole rings is 1. The van der Waals surface area contributed by atoms with E-state index < -0.39 is 23.5 Å². The topological polar surface area (TPSA) is 87.6 Å². The van der Waals surface area contributed by atoms with Gasteiger partial charge < -0.3 is 5.11 Å². The fraction of sp³-hybridized carbons (Fsp3) is 0.185. The molecule has 0 aliphatic carbocycles. The number of rotatable bonds is 7. The van der Waals surface area contributed by atoms with Gasteiger partial charge in [-0.15, -0.1) is 0 Å². The molecule has 7 heteroatoms. The number of aliphatic hydroxyl groups excluding tert-OH is 1. The van der Waals surface area contributed by atoms with Crippen LogP contribution in [0.15, 0.2) is 72.0 Å². The van der Waals surface area contributed by atoms with Crippen LogP contribution >= 0.6 is 11.3 Å². The highest BCUT2D eigenvalue weighted by Crippen LogP contribution is 2.43. The zero-order valence-electron chi connectivity index (χ0n) is 19.1. The number of benzene rings is 2. The van der Waals surface area contributed by atoms with Crippen molar-refractivity contribution in [3.63, 3.8) is 0 Å².